The number of aliphatic carboxylic acids is 2. The van der Waals surface area contributed by atoms with Crippen molar-refractivity contribution in [2.24, 2.45) is 0 Å². The molecule has 0 unspecified atom stereocenters. The number of unbranched alkanes of at least 4 members (excludes halogenated alkanes) is 1. The molecule has 3 aromatic carbocycles. The molecule has 0 aliphatic rings. The SMILES string of the molecule is Cc1c(CCCC(=O)O)c2cccc(/C=C/c3ccc(OCCCCOc4cccc(F)c4)cc3)c2n1CC(=O)O. The number of hydrogen-bond acceptors (Lipinski definition) is 4. The topological polar surface area (TPSA) is 98.0 Å². The van der Waals surface area contributed by atoms with Gasteiger partial charge in [-0.15, -0.1) is 0 Å². The summed E-state index contributed by atoms with van der Waals surface area (Å²) < 4.78 is 26.4. The fourth-order valence-electron chi connectivity index (χ4n) is 4.83. The Morgan fingerprint density at radius 2 is 1.56 bits per heavy atom. The molecule has 41 heavy (non-hydrogen) atoms. The Morgan fingerprint density at radius 1 is 0.854 bits per heavy atom. The van der Waals surface area contributed by atoms with Gasteiger partial charge in [0, 0.05) is 23.6 Å². The maximum absolute atomic E-state index is 13.2. The molecule has 8 heteroatoms. The van der Waals surface area contributed by atoms with E-state index in [1.165, 1.54) is 12.1 Å². The normalized spacial score (nSPS) is 11.3. The third-order valence-electron chi connectivity index (χ3n) is 6.82. The summed E-state index contributed by atoms with van der Waals surface area (Å²) in [7, 11) is 0. The third-order valence-corrected chi connectivity index (χ3v) is 6.82. The molecular weight excluding hydrogens is 525 g/mol. The molecule has 1 heterocycles. The van der Waals surface area contributed by atoms with Gasteiger partial charge < -0.3 is 24.3 Å². The predicted octanol–water partition coefficient (Wildman–Crippen LogP) is 6.99. The van der Waals surface area contributed by atoms with Crippen LogP contribution in [-0.2, 0) is 22.6 Å². The monoisotopic (exact) mass is 559 g/mol. The first-order chi connectivity index (χ1) is 19.8. The van der Waals surface area contributed by atoms with Crippen LogP contribution in [0.3, 0.4) is 0 Å². The largest absolute Gasteiger partial charge is 0.494 e. The lowest BCUT2D eigenvalue weighted by molar-refractivity contribution is -0.138. The number of carboxylic acid groups (broad SMARTS) is 2. The van der Waals surface area contributed by atoms with Crippen molar-refractivity contribution >= 4 is 35.0 Å². The first kappa shape index (κ1) is 29.4. The van der Waals surface area contributed by atoms with Crippen molar-refractivity contribution in [3.8, 4) is 11.5 Å². The highest BCUT2D eigenvalue weighted by Crippen LogP contribution is 2.31. The average Bonchev–Trinajstić information content (AvgIpc) is 3.20. The summed E-state index contributed by atoms with van der Waals surface area (Å²) in [6.45, 7) is 2.75. The minimum atomic E-state index is -0.935. The van der Waals surface area contributed by atoms with Crippen LogP contribution >= 0.6 is 0 Å². The van der Waals surface area contributed by atoms with Crippen LogP contribution in [0.5, 0.6) is 11.5 Å². The molecule has 0 aliphatic carbocycles. The molecule has 0 radical (unpaired) electrons. The second-order valence-corrected chi connectivity index (χ2v) is 9.80. The number of aryl methyl sites for hydroxylation is 1. The Balaban J connectivity index is 1.38. The van der Waals surface area contributed by atoms with E-state index in [1.54, 1.807) is 16.7 Å². The lowest BCUT2D eigenvalue weighted by Gasteiger charge is -2.08. The van der Waals surface area contributed by atoms with Crippen molar-refractivity contribution in [1.29, 1.82) is 0 Å². The molecule has 4 rings (SSSR count). The standard InChI is InChI=1S/C33H34FNO6/c1-23-29(10-6-12-31(36)37)30-11-4-7-25(33(30)35(23)22-32(38)39)16-13-24-14-17-27(18-15-24)40-19-2-3-20-41-28-9-5-8-26(34)21-28/h4-5,7-9,11,13-18,21H,2-3,6,10,12,19-20,22H2,1H3,(H,36,37)(H,38,39)/b16-13+. The van der Waals surface area contributed by atoms with E-state index >= 15 is 0 Å². The van der Waals surface area contributed by atoms with Crippen LogP contribution in [0, 0.1) is 12.7 Å². The Hall–Kier alpha value is -4.59. The smallest absolute Gasteiger partial charge is 0.323 e. The Kier molecular flexibility index (Phi) is 10.2. The third kappa shape index (κ3) is 8.20. The van der Waals surface area contributed by atoms with Crippen molar-refractivity contribution in [2.45, 2.75) is 45.6 Å². The summed E-state index contributed by atoms with van der Waals surface area (Å²) in [5.41, 5.74) is 4.51. The van der Waals surface area contributed by atoms with E-state index in [0.29, 0.717) is 31.8 Å². The van der Waals surface area contributed by atoms with Gasteiger partial charge in [0.25, 0.3) is 0 Å². The minimum Gasteiger partial charge on any atom is -0.494 e. The molecule has 2 N–H and O–H groups in total. The van der Waals surface area contributed by atoms with E-state index in [-0.39, 0.29) is 18.8 Å². The molecule has 4 aromatic rings. The van der Waals surface area contributed by atoms with Gasteiger partial charge in [-0.1, -0.05) is 48.6 Å². The van der Waals surface area contributed by atoms with E-state index < -0.39 is 11.9 Å². The van der Waals surface area contributed by atoms with E-state index in [1.807, 2.05) is 61.5 Å². The number of hydrogen-bond donors (Lipinski definition) is 2. The summed E-state index contributed by atoms with van der Waals surface area (Å²) in [6.07, 6.45) is 6.64. The maximum atomic E-state index is 13.2. The van der Waals surface area contributed by atoms with Gasteiger partial charge in [0.15, 0.2) is 0 Å². The molecule has 0 saturated carbocycles. The number of halogens is 1. The molecule has 0 amide bonds. The van der Waals surface area contributed by atoms with Gasteiger partial charge >= 0.3 is 11.9 Å². The quantitative estimate of drug-likeness (QED) is 0.120. The fourth-order valence-corrected chi connectivity index (χ4v) is 4.83. The van der Waals surface area contributed by atoms with Gasteiger partial charge in [0.2, 0.25) is 0 Å². The van der Waals surface area contributed by atoms with Gasteiger partial charge in [0.1, 0.15) is 23.9 Å². The fraction of sp³-hybridized carbons (Fsp3) is 0.273. The van der Waals surface area contributed by atoms with E-state index in [4.69, 9.17) is 14.6 Å². The van der Waals surface area contributed by atoms with Crippen molar-refractivity contribution in [3.63, 3.8) is 0 Å². The molecular formula is C33H34FNO6. The van der Waals surface area contributed by atoms with Gasteiger partial charge in [-0.05, 0) is 73.6 Å². The van der Waals surface area contributed by atoms with Crippen LogP contribution in [0.15, 0.2) is 66.7 Å². The van der Waals surface area contributed by atoms with Crippen LogP contribution in [-0.4, -0.2) is 39.9 Å². The molecule has 0 bridgehead atoms. The highest BCUT2D eigenvalue weighted by Gasteiger charge is 2.18. The number of rotatable bonds is 15. The van der Waals surface area contributed by atoms with Gasteiger partial charge in [-0.3, -0.25) is 9.59 Å². The molecule has 7 nitrogen and oxygen atoms in total. The maximum Gasteiger partial charge on any atom is 0.323 e. The minimum absolute atomic E-state index is 0.0648. The number of carbonyl (C=O) groups is 2. The second-order valence-electron chi connectivity index (χ2n) is 9.80. The highest BCUT2D eigenvalue weighted by atomic mass is 19.1. The van der Waals surface area contributed by atoms with Crippen LogP contribution in [0.2, 0.25) is 0 Å². The van der Waals surface area contributed by atoms with E-state index in [9.17, 15) is 19.1 Å². The number of aromatic nitrogens is 1. The number of carboxylic acids is 2. The van der Waals surface area contributed by atoms with Crippen molar-refractivity contribution < 1.29 is 33.7 Å². The van der Waals surface area contributed by atoms with Gasteiger partial charge in [-0.25, -0.2) is 4.39 Å². The molecule has 0 saturated heterocycles. The zero-order valence-corrected chi connectivity index (χ0v) is 23.0. The summed E-state index contributed by atoms with van der Waals surface area (Å²) in [5, 5.41) is 19.5. The number of para-hydroxylation sites is 1. The van der Waals surface area contributed by atoms with E-state index in [2.05, 4.69) is 0 Å². The molecule has 0 fully saturated rings. The van der Waals surface area contributed by atoms with Crippen molar-refractivity contribution in [3.05, 3.63) is 94.9 Å². The van der Waals surface area contributed by atoms with E-state index in [0.717, 1.165) is 51.9 Å². The lowest BCUT2D eigenvalue weighted by atomic mass is 10.0. The van der Waals surface area contributed by atoms with Gasteiger partial charge in [-0.2, -0.15) is 0 Å². The average molecular weight is 560 g/mol. The Labute approximate surface area is 238 Å². The number of nitrogens with zero attached hydrogens (tertiary/aromatic N) is 1. The lowest BCUT2D eigenvalue weighted by Crippen LogP contribution is -2.10. The highest BCUT2D eigenvalue weighted by molar-refractivity contribution is 5.95. The molecule has 1 aromatic heterocycles. The first-order valence-electron chi connectivity index (χ1n) is 13.7. The van der Waals surface area contributed by atoms with Crippen LogP contribution in [0.4, 0.5) is 4.39 Å². The Morgan fingerprint density at radius 3 is 2.24 bits per heavy atom. The van der Waals surface area contributed by atoms with Crippen LogP contribution in [0.1, 0.15) is 48.1 Å². The summed E-state index contributed by atoms with van der Waals surface area (Å²) in [4.78, 5) is 22.7. The zero-order chi connectivity index (χ0) is 29.2. The molecule has 0 atom stereocenters. The molecule has 0 spiro atoms. The van der Waals surface area contributed by atoms with Crippen LogP contribution in [0.25, 0.3) is 23.1 Å². The molecule has 0 aliphatic heterocycles. The number of fused-ring (bicyclic) bond motifs is 1. The second kappa shape index (κ2) is 14.2. The summed E-state index contributed by atoms with van der Waals surface area (Å²) in [5.74, 6) is -0.817. The summed E-state index contributed by atoms with van der Waals surface area (Å²) >= 11 is 0. The number of benzene rings is 3. The molecule has 214 valence electrons. The Bertz CT molecular complexity index is 1520. The van der Waals surface area contributed by atoms with Crippen molar-refractivity contribution in [2.75, 3.05) is 13.2 Å². The predicted molar refractivity (Wildman–Crippen MR) is 157 cm³/mol. The van der Waals surface area contributed by atoms with Crippen molar-refractivity contribution in [1.82, 2.24) is 4.57 Å². The zero-order valence-electron chi connectivity index (χ0n) is 23.0. The first-order valence-corrected chi connectivity index (χ1v) is 13.7. The summed E-state index contributed by atoms with van der Waals surface area (Å²) in [6, 6.07) is 19.7. The van der Waals surface area contributed by atoms with Gasteiger partial charge in [0.05, 0.1) is 18.7 Å². The number of ether oxygens (including phenoxy) is 2. The van der Waals surface area contributed by atoms with Crippen LogP contribution < -0.4 is 9.47 Å².